The van der Waals surface area contributed by atoms with Gasteiger partial charge in [-0.2, -0.15) is 0 Å². The molecule has 0 aromatic carbocycles. The largest absolute Gasteiger partial charge is 0.385 e. The van der Waals surface area contributed by atoms with E-state index in [1.165, 1.54) is 0 Å². The lowest BCUT2D eigenvalue weighted by Crippen LogP contribution is -2.36. The average Bonchev–Trinajstić information content (AvgIpc) is 2.56. The minimum Gasteiger partial charge on any atom is -0.385 e. The Morgan fingerprint density at radius 2 is 1.78 bits per heavy atom. The summed E-state index contributed by atoms with van der Waals surface area (Å²) in [6.07, 6.45) is 5.00. The highest BCUT2D eigenvalue weighted by Gasteiger charge is 2.48. The van der Waals surface area contributed by atoms with E-state index in [2.05, 4.69) is 0 Å². The van der Waals surface area contributed by atoms with E-state index in [9.17, 15) is 13.2 Å². The van der Waals surface area contributed by atoms with Gasteiger partial charge in [0.2, 0.25) is 0 Å². The van der Waals surface area contributed by atoms with Crippen LogP contribution in [-0.2, 0) is 19.4 Å². The Kier molecular flexibility index (Phi) is 4.43. The van der Waals surface area contributed by atoms with E-state index in [0.29, 0.717) is 25.9 Å². The lowest BCUT2D eigenvalue weighted by molar-refractivity contribution is -0.123. The van der Waals surface area contributed by atoms with E-state index in [1.54, 1.807) is 7.11 Å². The van der Waals surface area contributed by atoms with E-state index >= 15 is 0 Å². The van der Waals surface area contributed by atoms with Crippen molar-refractivity contribution in [2.24, 2.45) is 5.92 Å². The van der Waals surface area contributed by atoms with Crippen molar-refractivity contribution < 1.29 is 17.9 Å². The van der Waals surface area contributed by atoms with E-state index in [1.807, 2.05) is 0 Å². The van der Waals surface area contributed by atoms with Gasteiger partial charge in [-0.3, -0.25) is 4.79 Å². The second kappa shape index (κ2) is 5.70. The average molecular weight is 274 g/mol. The number of carbonyl (C=O) groups excluding carboxylic acids is 1. The number of unbranched alkanes of at least 4 members (excludes halogenated alkanes) is 1. The van der Waals surface area contributed by atoms with E-state index in [0.717, 1.165) is 25.7 Å². The maximum Gasteiger partial charge on any atom is 0.156 e. The first-order chi connectivity index (χ1) is 8.55. The number of hydrogen-bond acceptors (Lipinski definition) is 4. The van der Waals surface area contributed by atoms with Crippen LogP contribution in [0.1, 0.15) is 44.9 Å². The molecule has 2 aliphatic rings. The molecule has 2 heterocycles. The van der Waals surface area contributed by atoms with Crippen LogP contribution in [-0.4, -0.2) is 38.4 Å². The molecule has 2 fully saturated rings. The molecule has 0 N–H and O–H groups in total. The Morgan fingerprint density at radius 3 is 2.33 bits per heavy atom. The second-order valence-electron chi connectivity index (χ2n) is 5.49. The molecule has 4 nitrogen and oxygen atoms in total. The quantitative estimate of drug-likeness (QED) is 0.692. The molecule has 104 valence electrons. The van der Waals surface area contributed by atoms with Crippen LogP contribution in [0, 0.1) is 5.92 Å². The zero-order chi connectivity index (χ0) is 13.2. The highest BCUT2D eigenvalue weighted by atomic mass is 32.2. The molecule has 2 saturated heterocycles. The van der Waals surface area contributed by atoms with E-state index < -0.39 is 9.84 Å². The molecule has 0 aromatic heterocycles. The summed E-state index contributed by atoms with van der Waals surface area (Å²) in [6.45, 7) is 0.692. The molecule has 2 atom stereocenters. The van der Waals surface area contributed by atoms with Crippen molar-refractivity contribution >= 4 is 15.6 Å². The van der Waals surface area contributed by atoms with Gasteiger partial charge in [-0.15, -0.1) is 0 Å². The molecule has 2 bridgehead atoms. The third-order valence-corrected chi connectivity index (χ3v) is 7.03. The lowest BCUT2D eigenvalue weighted by Gasteiger charge is -2.26. The minimum atomic E-state index is -2.90. The zero-order valence-electron chi connectivity index (χ0n) is 10.9. The van der Waals surface area contributed by atoms with Crippen molar-refractivity contribution in [2.75, 3.05) is 13.7 Å². The molecule has 2 aliphatic heterocycles. The molecule has 0 amide bonds. The summed E-state index contributed by atoms with van der Waals surface area (Å²) in [4.78, 5) is 12.1. The van der Waals surface area contributed by atoms with Crippen LogP contribution in [0.2, 0.25) is 0 Å². The summed E-state index contributed by atoms with van der Waals surface area (Å²) in [7, 11) is -1.24. The van der Waals surface area contributed by atoms with Gasteiger partial charge in [-0.1, -0.05) is 0 Å². The van der Waals surface area contributed by atoms with Gasteiger partial charge in [0.05, 0.1) is 10.5 Å². The molecular formula is C13H22O4S. The van der Waals surface area contributed by atoms with Crippen molar-refractivity contribution in [3.63, 3.8) is 0 Å². The van der Waals surface area contributed by atoms with Crippen LogP contribution >= 0.6 is 0 Å². The fraction of sp³-hybridized carbons (Fsp3) is 0.923. The van der Waals surface area contributed by atoms with Crippen LogP contribution in [0.3, 0.4) is 0 Å². The predicted octanol–water partition coefficient (Wildman–Crippen LogP) is 1.73. The lowest BCUT2D eigenvalue weighted by atomic mass is 9.92. The molecule has 0 aliphatic carbocycles. The van der Waals surface area contributed by atoms with Gasteiger partial charge >= 0.3 is 0 Å². The number of sulfone groups is 1. The van der Waals surface area contributed by atoms with Gasteiger partial charge in [0.15, 0.2) is 9.84 Å². The highest BCUT2D eigenvalue weighted by molar-refractivity contribution is 7.93. The van der Waals surface area contributed by atoms with Crippen molar-refractivity contribution in [1.29, 1.82) is 0 Å². The SMILES string of the molecule is COCCCCC(=O)C1CC2CCC(C1)S2(=O)=O. The molecule has 0 spiro atoms. The predicted molar refractivity (Wildman–Crippen MR) is 69.2 cm³/mol. The number of ether oxygens (including phenoxy) is 1. The maximum absolute atomic E-state index is 12.1. The molecule has 18 heavy (non-hydrogen) atoms. The van der Waals surface area contributed by atoms with Crippen molar-refractivity contribution in [3.05, 3.63) is 0 Å². The number of ketones is 1. The number of methoxy groups -OCH3 is 1. The number of hydrogen-bond donors (Lipinski definition) is 0. The van der Waals surface area contributed by atoms with E-state index in [-0.39, 0.29) is 22.2 Å². The first-order valence-electron chi connectivity index (χ1n) is 6.80. The Labute approximate surface area is 109 Å². The smallest absolute Gasteiger partial charge is 0.156 e. The Bertz CT molecular complexity index is 381. The summed E-state index contributed by atoms with van der Waals surface area (Å²) in [5.41, 5.74) is 0. The molecule has 5 heteroatoms. The zero-order valence-corrected chi connectivity index (χ0v) is 11.7. The van der Waals surface area contributed by atoms with Gasteiger partial charge in [0, 0.05) is 26.1 Å². The number of rotatable bonds is 6. The van der Waals surface area contributed by atoms with Gasteiger partial charge in [-0.25, -0.2) is 8.42 Å². The van der Waals surface area contributed by atoms with Gasteiger partial charge in [0.1, 0.15) is 5.78 Å². The molecule has 2 rings (SSSR count). The third-order valence-electron chi connectivity index (χ3n) is 4.31. The molecular weight excluding hydrogens is 252 g/mol. The van der Waals surface area contributed by atoms with Crippen molar-refractivity contribution in [2.45, 2.75) is 55.4 Å². The van der Waals surface area contributed by atoms with Crippen molar-refractivity contribution in [1.82, 2.24) is 0 Å². The summed E-state index contributed by atoms with van der Waals surface area (Å²) in [5, 5.41) is -0.464. The van der Waals surface area contributed by atoms with Crippen LogP contribution in [0.5, 0.6) is 0 Å². The highest BCUT2D eigenvalue weighted by Crippen LogP contribution is 2.41. The van der Waals surface area contributed by atoms with Crippen LogP contribution in [0.4, 0.5) is 0 Å². The second-order valence-corrected chi connectivity index (χ2v) is 8.01. The van der Waals surface area contributed by atoms with Crippen LogP contribution < -0.4 is 0 Å². The monoisotopic (exact) mass is 274 g/mol. The first-order valence-corrected chi connectivity index (χ1v) is 8.41. The topological polar surface area (TPSA) is 60.4 Å². The summed E-state index contributed by atoms with van der Waals surface area (Å²) >= 11 is 0. The standard InChI is InChI=1S/C13H22O4S/c1-17-7-3-2-4-13(14)10-8-11-5-6-12(9-10)18(11,15)16/h10-12H,2-9H2,1H3. The number of carbonyl (C=O) groups is 1. The maximum atomic E-state index is 12.1. The Morgan fingerprint density at radius 1 is 1.17 bits per heavy atom. The first kappa shape index (κ1) is 14.0. The third kappa shape index (κ3) is 2.77. The summed E-state index contributed by atoms with van der Waals surface area (Å²) < 4.78 is 28.8. The van der Waals surface area contributed by atoms with E-state index in [4.69, 9.17) is 4.74 Å². The fourth-order valence-electron chi connectivity index (χ4n) is 3.22. The Hall–Kier alpha value is -0.420. The molecule has 0 aromatic rings. The molecule has 0 saturated carbocycles. The van der Waals surface area contributed by atoms with Crippen molar-refractivity contribution in [3.8, 4) is 0 Å². The Balaban J connectivity index is 1.84. The fourth-order valence-corrected chi connectivity index (χ4v) is 5.69. The van der Waals surface area contributed by atoms with Crippen LogP contribution in [0.15, 0.2) is 0 Å². The van der Waals surface area contributed by atoms with Crippen LogP contribution in [0.25, 0.3) is 0 Å². The van der Waals surface area contributed by atoms with Gasteiger partial charge in [-0.05, 0) is 38.5 Å². The number of fused-ring (bicyclic) bond motifs is 2. The summed E-state index contributed by atoms with van der Waals surface area (Å²) in [5.74, 6) is 0.256. The molecule has 2 unspecified atom stereocenters. The minimum absolute atomic E-state index is 0.00595. The van der Waals surface area contributed by atoms with Gasteiger partial charge in [0.25, 0.3) is 0 Å². The number of Topliss-reactive ketones (excluding diaryl/α,β-unsaturated/α-hetero) is 1. The summed E-state index contributed by atoms with van der Waals surface area (Å²) in [6, 6.07) is 0. The van der Waals surface area contributed by atoms with Gasteiger partial charge < -0.3 is 4.74 Å². The molecule has 0 radical (unpaired) electrons. The normalized spacial score (nSPS) is 33.5.